The Bertz CT molecular complexity index is 677. The normalized spacial score (nSPS) is 20.5. The molecule has 1 unspecified atom stereocenters. The first-order chi connectivity index (χ1) is 8.90. The average Bonchev–Trinajstić information content (AvgIpc) is 2.78. The lowest BCUT2D eigenvalue weighted by atomic mass is 10.2. The maximum atomic E-state index is 12.3. The van der Waals surface area contributed by atoms with Gasteiger partial charge in [-0.05, 0) is 24.0 Å². The first-order valence-electron chi connectivity index (χ1n) is 6.17. The summed E-state index contributed by atoms with van der Waals surface area (Å²) in [6, 6.07) is 5.84. The van der Waals surface area contributed by atoms with E-state index in [4.69, 9.17) is 17.3 Å². The Hall–Kier alpha value is -1.26. The van der Waals surface area contributed by atoms with Gasteiger partial charge in [-0.1, -0.05) is 31.5 Å². The largest absolute Gasteiger partial charge is 0.397 e. The molecular weight excluding hydrogens is 280 g/mol. The molecule has 0 bridgehead atoms. The van der Waals surface area contributed by atoms with Crippen molar-refractivity contribution in [2.75, 3.05) is 5.73 Å². The molecule has 1 aliphatic rings. The van der Waals surface area contributed by atoms with Gasteiger partial charge in [0.05, 0.1) is 10.7 Å². The topological polar surface area (TPSA) is 55.1 Å². The number of nitrogens with one attached hydrogen (secondary N) is 1. The van der Waals surface area contributed by atoms with Crippen molar-refractivity contribution < 1.29 is 4.79 Å². The summed E-state index contributed by atoms with van der Waals surface area (Å²) in [5, 5.41) is 4.41. The fourth-order valence-corrected chi connectivity index (χ4v) is 3.62. The Kier molecular flexibility index (Phi) is 2.76. The molecule has 1 fully saturated rings. The zero-order chi connectivity index (χ0) is 13.8. The molecule has 0 radical (unpaired) electrons. The maximum Gasteiger partial charge on any atom is 0.263 e. The van der Waals surface area contributed by atoms with E-state index in [-0.39, 0.29) is 17.4 Å². The van der Waals surface area contributed by atoms with E-state index in [1.807, 2.05) is 12.1 Å². The molecule has 1 heterocycles. The molecule has 19 heavy (non-hydrogen) atoms. The van der Waals surface area contributed by atoms with Crippen LogP contribution < -0.4 is 11.1 Å². The van der Waals surface area contributed by atoms with E-state index in [9.17, 15) is 4.79 Å². The van der Waals surface area contributed by atoms with Crippen molar-refractivity contribution in [3.8, 4) is 0 Å². The quantitative estimate of drug-likeness (QED) is 0.888. The molecule has 1 amide bonds. The minimum atomic E-state index is -0.0923. The van der Waals surface area contributed by atoms with Gasteiger partial charge in [0.25, 0.3) is 5.91 Å². The van der Waals surface area contributed by atoms with E-state index >= 15 is 0 Å². The molecule has 3 N–H and O–H groups in total. The van der Waals surface area contributed by atoms with E-state index in [1.165, 1.54) is 11.3 Å². The van der Waals surface area contributed by atoms with Crippen LogP contribution in [0.3, 0.4) is 0 Å². The Morgan fingerprint density at radius 2 is 2.21 bits per heavy atom. The zero-order valence-corrected chi connectivity index (χ0v) is 12.4. The molecule has 1 aliphatic carbocycles. The average molecular weight is 295 g/mol. The van der Waals surface area contributed by atoms with Crippen molar-refractivity contribution in [2.45, 2.75) is 26.3 Å². The number of nitrogens with two attached hydrogens (primary N) is 1. The molecule has 0 aliphatic heterocycles. The number of fused-ring (bicyclic) bond motifs is 1. The Labute approximate surface area is 120 Å². The van der Waals surface area contributed by atoms with E-state index < -0.39 is 0 Å². The second-order valence-electron chi connectivity index (χ2n) is 5.68. The monoisotopic (exact) mass is 294 g/mol. The van der Waals surface area contributed by atoms with E-state index in [2.05, 4.69) is 19.2 Å². The summed E-state index contributed by atoms with van der Waals surface area (Å²) in [6.45, 7) is 4.28. The second kappa shape index (κ2) is 4.12. The fourth-order valence-electron chi connectivity index (χ4n) is 2.24. The van der Waals surface area contributed by atoms with Crippen LogP contribution in [0.5, 0.6) is 0 Å². The molecule has 1 atom stereocenters. The van der Waals surface area contributed by atoms with E-state index in [0.29, 0.717) is 15.6 Å². The summed E-state index contributed by atoms with van der Waals surface area (Å²) in [4.78, 5) is 12.8. The minimum Gasteiger partial charge on any atom is -0.397 e. The van der Waals surface area contributed by atoms with E-state index in [0.717, 1.165) is 16.5 Å². The van der Waals surface area contributed by atoms with Crippen LogP contribution in [-0.2, 0) is 0 Å². The van der Waals surface area contributed by atoms with Crippen LogP contribution in [0.15, 0.2) is 18.2 Å². The van der Waals surface area contributed by atoms with Gasteiger partial charge in [-0.25, -0.2) is 0 Å². The lowest BCUT2D eigenvalue weighted by Crippen LogP contribution is -2.28. The summed E-state index contributed by atoms with van der Waals surface area (Å²) in [5.41, 5.74) is 6.76. The van der Waals surface area contributed by atoms with Gasteiger partial charge < -0.3 is 11.1 Å². The van der Waals surface area contributed by atoms with Gasteiger partial charge in [-0.2, -0.15) is 0 Å². The number of amides is 1. The highest BCUT2D eigenvalue weighted by atomic mass is 35.5. The van der Waals surface area contributed by atoms with Crippen LogP contribution in [0.4, 0.5) is 5.69 Å². The first-order valence-corrected chi connectivity index (χ1v) is 7.37. The number of nitrogen functional groups attached to an aromatic ring is 1. The summed E-state index contributed by atoms with van der Waals surface area (Å²) in [5.74, 6) is -0.0923. The number of thiophene rings is 1. The molecule has 1 aromatic heterocycles. The molecule has 3 rings (SSSR count). The fraction of sp³-hybridized carbons (Fsp3) is 0.357. The molecular formula is C14H15ClN2OS. The SMILES string of the molecule is CC1(C)CC1NC(=O)c1sc2cccc(Cl)c2c1N. The van der Waals surface area contributed by atoms with Crippen LogP contribution in [0.1, 0.15) is 29.9 Å². The molecule has 100 valence electrons. The summed E-state index contributed by atoms with van der Waals surface area (Å²) >= 11 is 7.53. The number of hydrogen-bond acceptors (Lipinski definition) is 3. The van der Waals surface area contributed by atoms with E-state index in [1.54, 1.807) is 6.07 Å². The van der Waals surface area contributed by atoms with Crippen LogP contribution in [0.2, 0.25) is 5.02 Å². The number of rotatable bonds is 2. The molecule has 0 saturated heterocycles. The Morgan fingerprint density at radius 3 is 2.79 bits per heavy atom. The van der Waals surface area contributed by atoms with Crippen molar-refractivity contribution in [3.63, 3.8) is 0 Å². The van der Waals surface area contributed by atoms with Gasteiger partial charge >= 0.3 is 0 Å². The predicted octanol–water partition coefficient (Wildman–Crippen LogP) is 3.67. The number of carbonyl (C=O) groups excluding carboxylic acids is 1. The molecule has 5 heteroatoms. The van der Waals surface area contributed by atoms with Crippen LogP contribution >= 0.6 is 22.9 Å². The third-order valence-corrected chi connectivity index (χ3v) is 5.21. The number of benzene rings is 1. The number of halogens is 1. The maximum absolute atomic E-state index is 12.3. The van der Waals surface area contributed by atoms with Crippen LogP contribution in [0, 0.1) is 5.41 Å². The van der Waals surface area contributed by atoms with Crippen molar-refractivity contribution in [3.05, 3.63) is 28.1 Å². The van der Waals surface area contributed by atoms with Gasteiger partial charge in [0.1, 0.15) is 4.88 Å². The van der Waals surface area contributed by atoms with Gasteiger partial charge in [0, 0.05) is 16.1 Å². The van der Waals surface area contributed by atoms with Crippen molar-refractivity contribution in [1.29, 1.82) is 0 Å². The molecule has 0 spiro atoms. The Balaban J connectivity index is 1.95. The molecule has 1 saturated carbocycles. The number of carbonyl (C=O) groups is 1. The van der Waals surface area contributed by atoms with Crippen molar-refractivity contribution in [1.82, 2.24) is 5.32 Å². The predicted molar refractivity (Wildman–Crippen MR) is 80.9 cm³/mol. The minimum absolute atomic E-state index is 0.0923. The van der Waals surface area contributed by atoms with Crippen molar-refractivity contribution >= 4 is 44.6 Å². The third kappa shape index (κ3) is 2.09. The third-order valence-electron chi connectivity index (χ3n) is 3.73. The summed E-state index contributed by atoms with van der Waals surface area (Å²) in [7, 11) is 0. The van der Waals surface area contributed by atoms with Crippen molar-refractivity contribution in [2.24, 2.45) is 5.41 Å². The number of anilines is 1. The van der Waals surface area contributed by atoms with Gasteiger partial charge in [-0.3, -0.25) is 4.79 Å². The van der Waals surface area contributed by atoms with Gasteiger partial charge in [-0.15, -0.1) is 11.3 Å². The summed E-state index contributed by atoms with van der Waals surface area (Å²) in [6.07, 6.45) is 1.02. The van der Waals surface area contributed by atoms with Crippen LogP contribution in [0.25, 0.3) is 10.1 Å². The molecule has 3 nitrogen and oxygen atoms in total. The number of hydrogen-bond donors (Lipinski definition) is 2. The highest BCUT2D eigenvalue weighted by molar-refractivity contribution is 7.21. The Morgan fingerprint density at radius 1 is 1.53 bits per heavy atom. The summed E-state index contributed by atoms with van der Waals surface area (Å²) < 4.78 is 0.949. The second-order valence-corrected chi connectivity index (χ2v) is 7.14. The highest BCUT2D eigenvalue weighted by Gasteiger charge is 2.46. The lowest BCUT2D eigenvalue weighted by molar-refractivity contribution is 0.0951. The smallest absolute Gasteiger partial charge is 0.263 e. The molecule has 1 aromatic carbocycles. The standard InChI is InChI=1S/C14H15ClN2OS/c1-14(2)6-9(14)17-13(18)12-11(16)10-7(15)4-3-5-8(10)19-12/h3-5,9H,6,16H2,1-2H3,(H,17,18). The zero-order valence-electron chi connectivity index (χ0n) is 10.8. The lowest BCUT2D eigenvalue weighted by Gasteiger charge is -2.06. The highest BCUT2D eigenvalue weighted by Crippen LogP contribution is 2.45. The molecule has 2 aromatic rings. The van der Waals surface area contributed by atoms with Gasteiger partial charge in [0.2, 0.25) is 0 Å². The first kappa shape index (κ1) is 12.8. The van der Waals surface area contributed by atoms with Crippen LogP contribution in [-0.4, -0.2) is 11.9 Å². The van der Waals surface area contributed by atoms with Gasteiger partial charge in [0.15, 0.2) is 0 Å².